The van der Waals surface area contributed by atoms with Gasteiger partial charge < -0.3 is 5.32 Å². The highest BCUT2D eigenvalue weighted by molar-refractivity contribution is 5.76. The van der Waals surface area contributed by atoms with Crippen molar-refractivity contribution in [3.05, 3.63) is 89.1 Å². The number of dihydropyridines is 1. The molecule has 0 amide bonds. The lowest BCUT2D eigenvalue weighted by molar-refractivity contribution is 0.744. The molecule has 1 atom stereocenters. The molecule has 0 aromatic heterocycles. The Bertz CT molecular complexity index is 680. The van der Waals surface area contributed by atoms with Gasteiger partial charge in [-0.3, -0.25) is 0 Å². The fraction of sp³-hybridized carbons (Fsp3) is 0.158. The Labute approximate surface area is 120 Å². The first-order valence-corrected chi connectivity index (χ1v) is 7.01. The normalized spacial score (nSPS) is 17.5. The van der Waals surface area contributed by atoms with Crippen LogP contribution in [0.2, 0.25) is 0 Å². The molecule has 1 nitrogen and oxygen atoms in total. The van der Waals surface area contributed by atoms with Crippen LogP contribution in [-0.2, 0) is 0 Å². The summed E-state index contributed by atoms with van der Waals surface area (Å²) in [6.45, 7) is 4.29. The van der Waals surface area contributed by atoms with Gasteiger partial charge in [-0.1, -0.05) is 54.1 Å². The number of nitrogens with one attached hydrogen (secondary N) is 1. The largest absolute Gasteiger partial charge is 0.381 e. The van der Waals surface area contributed by atoms with Gasteiger partial charge in [0.25, 0.3) is 0 Å². The topological polar surface area (TPSA) is 12.0 Å². The average molecular weight is 261 g/mol. The average Bonchev–Trinajstić information content (AvgIpc) is 2.48. The van der Waals surface area contributed by atoms with Crippen LogP contribution >= 0.6 is 0 Å². The zero-order valence-corrected chi connectivity index (χ0v) is 11.9. The maximum absolute atomic E-state index is 3.43. The van der Waals surface area contributed by atoms with Crippen LogP contribution < -0.4 is 5.32 Å². The Kier molecular flexibility index (Phi) is 3.42. The van der Waals surface area contributed by atoms with Crippen LogP contribution in [0.1, 0.15) is 28.3 Å². The van der Waals surface area contributed by atoms with Crippen molar-refractivity contribution in [2.45, 2.75) is 19.9 Å². The van der Waals surface area contributed by atoms with E-state index in [1.165, 1.54) is 27.8 Å². The molecule has 0 bridgehead atoms. The Morgan fingerprint density at radius 2 is 1.80 bits per heavy atom. The van der Waals surface area contributed by atoms with Crippen molar-refractivity contribution in [2.24, 2.45) is 0 Å². The van der Waals surface area contributed by atoms with Crippen LogP contribution in [0.15, 0.2) is 66.9 Å². The molecule has 1 heteroatoms. The molecule has 0 fully saturated rings. The molecule has 20 heavy (non-hydrogen) atoms. The van der Waals surface area contributed by atoms with Gasteiger partial charge in [-0.2, -0.15) is 0 Å². The van der Waals surface area contributed by atoms with Gasteiger partial charge in [0.05, 0.1) is 6.04 Å². The number of aryl methyl sites for hydroxylation is 2. The van der Waals surface area contributed by atoms with Crippen molar-refractivity contribution in [1.29, 1.82) is 0 Å². The third-order valence-electron chi connectivity index (χ3n) is 3.76. The van der Waals surface area contributed by atoms with Gasteiger partial charge in [0.2, 0.25) is 0 Å². The molecule has 0 saturated carbocycles. The molecule has 0 aliphatic carbocycles. The molecule has 1 aliphatic heterocycles. The Morgan fingerprint density at radius 1 is 0.950 bits per heavy atom. The van der Waals surface area contributed by atoms with E-state index in [0.717, 1.165) is 0 Å². The van der Waals surface area contributed by atoms with Gasteiger partial charge in [-0.15, -0.1) is 0 Å². The van der Waals surface area contributed by atoms with Gasteiger partial charge in [0.1, 0.15) is 0 Å². The summed E-state index contributed by atoms with van der Waals surface area (Å²) in [5.41, 5.74) is 6.51. The standard InChI is InChI=1S/C19H19N/c1-14-6-5-8-16(12-14)17-10-11-20-19(13-17)18-9-4-3-7-15(18)2/h3-13,19-20H,1-2H3. The van der Waals surface area contributed by atoms with E-state index >= 15 is 0 Å². The summed E-state index contributed by atoms with van der Waals surface area (Å²) >= 11 is 0. The fourth-order valence-corrected chi connectivity index (χ4v) is 2.66. The number of benzene rings is 2. The predicted octanol–water partition coefficient (Wildman–Crippen LogP) is 4.55. The molecule has 1 N–H and O–H groups in total. The first-order valence-electron chi connectivity index (χ1n) is 7.01. The van der Waals surface area contributed by atoms with Gasteiger partial charge in [0, 0.05) is 0 Å². The summed E-state index contributed by atoms with van der Waals surface area (Å²) in [5.74, 6) is 0. The summed E-state index contributed by atoms with van der Waals surface area (Å²) in [6.07, 6.45) is 6.50. The van der Waals surface area contributed by atoms with Gasteiger partial charge in [0.15, 0.2) is 0 Å². The number of hydrogen-bond acceptors (Lipinski definition) is 1. The summed E-state index contributed by atoms with van der Waals surface area (Å²) in [6, 6.07) is 17.4. The van der Waals surface area contributed by atoms with E-state index < -0.39 is 0 Å². The van der Waals surface area contributed by atoms with Gasteiger partial charge in [-0.25, -0.2) is 0 Å². The van der Waals surface area contributed by atoms with E-state index in [2.05, 4.69) is 86.0 Å². The molecular weight excluding hydrogens is 242 g/mol. The molecule has 3 rings (SSSR count). The highest BCUT2D eigenvalue weighted by Crippen LogP contribution is 2.27. The van der Waals surface area contributed by atoms with Crippen molar-refractivity contribution in [3.63, 3.8) is 0 Å². The molecule has 0 spiro atoms. The van der Waals surface area contributed by atoms with Crippen molar-refractivity contribution in [3.8, 4) is 0 Å². The van der Waals surface area contributed by atoms with E-state index in [0.29, 0.717) is 0 Å². The lowest BCUT2D eigenvalue weighted by atomic mass is 9.94. The van der Waals surface area contributed by atoms with Crippen molar-refractivity contribution in [1.82, 2.24) is 5.32 Å². The lowest BCUT2D eigenvalue weighted by Crippen LogP contribution is -2.17. The molecule has 1 unspecified atom stereocenters. The monoisotopic (exact) mass is 261 g/mol. The molecule has 0 radical (unpaired) electrons. The second-order valence-electron chi connectivity index (χ2n) is 5.33. The van der Waals surface area contributed by atoms with E-state index in [-0.39, 0.29) is 6.04 Å². The molecule has 0 saturated heterocycles. The number of hydrogen-bond donors (Lipinski definition) is 1. The predicted molar refractivity (Wildman–Crippen MR) is 85.4 cm³/mol. The van der Waals surface area contributed by atoms with Crippen LogP contribution in [0.5, 0.6) is 0 Å². The molecule has 2 aromatic carbocycles. The van der Waals surface area contributed by atoms with Crippen molar-refractivity contribution >= 4 is 5.57 Å². The maximum Gasteiger partial charge on any atom is 0.0704 e. The van der Waals surface area contributed by atoms with Crippen molar-refractivity contribution in [2.75, 3.05) is 0 Å². The fourth-order valence-electron chi connectivity index (χ4n) is 2.66. The minimum absolute atomic E-state index is 0.247. The lowest BCUT2D eigenvalue weighted by Gasteiger charge is -2.21. The third kappa shape index (κ3) is 2.53. The third-order valence-corrected chi connectivity index (χ3v) is 3.76. The molecule has 100 valence electrons. The summed E-state index contributed by atoms with van der Waals surface area (Å²) in [4.78, 5) is 0. The molecule has 1 heterocycles. The minimum Gasteiger partial charge on any atom is -0.381 e. The first kappa shape index (κ1) is 12.7. The first-order chi connectivity index (χ1) is 9.74. The van der Waals surface area contributed by atoms with Gasteiger partial charge >= 0.3 is 0 Å². The molecule has 1 aliphatic rings. The number of rotatable bonds is 2. The summed E-state index contributed by atoms with van der Waals surface area (Å²) < 4.78 is 0. The zero-order chi connectivity index (χ0) is 13.9. The van der Waals surface area contributed by atoms with Crippen LogP contribution in [0.4, 0.5) is 0 Å². The Morgan fingerprint density at radius 3 is 2.60 bits per heavy atom. The minimum atomic E-state index is 0.247. The highest BCUT2D eigenvalue weighted by atomic mass is 14.9. The van der Waals surface area contributed by atoms with Crippen LogP contribution in [0.25, 0.3) is 5.57 Å². The molecular formula is C19H19N. The number of allylic oxidation sites excluding steroid dienone is 2. The SMILES string of the molecule is Cc1cccc(C2=CC(c3ccccc3C)NC=C2)c1. The summed E-state index contributed by atoms with van der Waals surface area (Å²) in [5, 5.41) is 3.43. The van der Waals surface area contributed by atoms with Crippen LogP contribution in [0, 0.1) is 13.8 Å². The maximum atomic E-state index is 3.43. The van der Waals surface area contributed by atoms with E-state index in [9.17, 15) is 0 Å². The second kappa shape index (κ2) is 5.38. The smallest absolute Gasteiger partial charge is 0.0704 e. The van der Waals surface area contributed by atoms with E-state index in [1.54, 1.807) is 0 Å². The molecule has 2 aromatic rings. The Hall–Kier alpha value is -2.28. The van der Waals surface area contributed by atoms with Crippen LogP contribution in [-0.4, -0.2) is 0 Å². The quantitative estimate of drug-likeness (QED) is 0.836. The van der Waals surface area contributed by atoms with Crippen molar-refractivity contribution < 1.29 is 0 Å². The van der Waals surface area contributed by atoms with E-state index in [1.807, 2.05) is 0 Å². The van der Waals surface area contributed by atoms with Gasteiger partial charge in [-0.05, 0) is 54.5 Å². The van der Waals surface area contributed by atoms with E-state index in [4.69, 9.17) is 0 Å². The second-order valence-corrected chi connectivity index (χ2v) is 5.33. The highest BCUT2D eigenvalue weighted by Gasteiger charge is 2.13. The van der Waals surface area contributed by atoms with Crippen LogP contribution in [0.3, 0.4) is 0 Å². The summed E-state index contributed by atoms with van der Waals surface area (Å²) in [7, 11) is 0. The Balaban J connectivity index is 1.97. The zero-order valence-electron chi connectivity index (χ0n) is 11.9.